The van der Waals surface area contributed by atoms with Gasteiger partial charge in [-0.1, -0.05) is 12.8 Å². The monoisotopic (exact) mass is 336 g/mol. The van der Waals surface area contributed by atoms with E-state index in [4.69, 9.17) is 10.1 Å². The summed E-state index contributed by atoms with van der Waals surface area (Å²) in [5, 5.41) is 8.00. The fourth-order valence-electron chi connectivity index (χ4n) is 4.46. The zero-order valence-electron chi connectivity index (χ0n) is 14.7. The van der Waals surface area contributed by atoms with Gasteiger partial charge in [0.15, 0.2) is 5.65 Å². The number of rotatable bonds is 3. The van der Waals surface area contributed by atoms with Crippen molar-refractivity contribution in [3.05, 3.63) is 41.1 Å². The molecule has 0 aromatic carbocycles. The van der Waals surface area contributed by atoms with Crippen LogP contribution in [0.3, 0.4) is 0 Å². The fraction of sp³-hybridized carbons (Fsp3) is 0.526. The van der Waals surface area contributed by atoms with Gasteiger partial charge in [-0.05, 0) is 25.0 Å². The van der Waals surface area contributed by atoms with Gasteiger partial charge in [-0.3, -0.25) is 10.00 Å². The van der Waals surface area contributed by atoms with Gasteiger partial charge in [0.25, 0.3) is 0 Å². The zero-order chi connectivity index (χ0) is 16.8. The van der Waals surface area contributed by atoms with Crippen LogP contribution in [0.5, 0.6) is 0 Å². The van der Waals surface area contributed by atoms with E-state index in [2.05, 4.69) is 26.6 Å². The van der Waals surface area contributed by atoms with Crippen LogP contribution in [0.4, 0.5) is 0 Å². The number of hydrogen-bond acceptors (Lipinski definition) is 4. The molecule has 3 aromatic heterocycles. The van der Waals surface area contributed by atoms with E-state index in [1.54, 1.807) is 0 Å². The molecule has 0 radical (unpaired) electrons. The second-order valence-electron chi connectivity index (χ2n) is 7.44. The van der Waals surface area contributed by atoms with Crippen LogP contribution in [0.2, 0.25) is 0 Å². The van der Waals surface area contributed by atoms with Crippen LogP contribution < -0.4 is 0 Å². The predicted molar refractivity (Wildman–Crippen MR) is 96.1 cm³/mol. The minimum Gasteiger partial charge on any atom is -0.315 e. The third-order valence-corrected chi connectivity index (χ3v) is 5.87. The summed E-state index contributed by atoms with van der Waals surface area (Å²) in [5.74, 6) is 1.75. The number of nitrogens with one attached hydrogen (secondary N) is 1. The van der Waals surface area contributed by atoms with Crippen molar-refractivity contribution in [2.45, 2.75) is 51.1 Å². The smallest absolute Gasteiger partial charge is 0.159 e. The van der Waals surface area contributed by atoms with E-state index in [-0.39, 0.29) is 0 Å². The highest BCUT2D eigenvalue weighted by Crippen LogP contribution is 2.37. The number of imidazole rings is 1. The van der Waals surface area contributed by atoms with Gasteiger partial charge in [-0.15, -0.1) is 0 Å². The number of aromatic amines is 1. The lowest BCUT2D eigenvalue weighted by Crippen LogP contribution is -2.31. The Morgan fingerprint density at radius 2 is 2.16 bits per heavy atom. The molecule has 4 heterocycles. The Morgan fingerprint density at radius 1 is 1.28 bits per heavy atom. The highest BCUT2D eigenvalue weighted by Gasteiger charge is 2.28. The van der Waals surface area contributed by atoms with E-state index in [0.717, 1.165) is 43.0 Å². The predicted octanol–water partition coefficient (Wildman–Crippen LogP) is 2.91. The summed E-state index contributed by atoms with van der Waals surface area (Å²) in [4.78, 5) is 11.7. The highest BCUT2D eigenvalue weighted by molar-refractivity contribution is 5.70. The SMILES string of the molecule is Cn1c(CN2CCc3[nH]nc(C4CCCC4)c3C2)nc2cccnc21. The van der Waals surface area contributed by atoms with Gasteiger partial charge in [0.05, 0.1) is 12.2 Å². The number of aryl methyl sites for hydroxylation is 1. The molecule has 6 heteroatoms. The molecule has 0 spiro atoms. The van der Waals surface area contributed by atoms with Crippen molar-refractivity contribution in [3.8, 4) is 0 Å². The lowest BCUT2D eigenvalue weighted by Gasteiger charge is -2.27. The van der Waals surface area contributed by atoms with E-state index >= 15 is 0 Å². The van der Waals surface area contributed by atoms with Gasteiger partial charge in [0.2, 0.25) is 0 Å². The van der Waals surface area contributed by atoms with Crippen LogP contribution in [-0.2, 0) is 26.6 Å². The number of nitrogens with zero attached hydrogens (tertiary/aromatic N) is 5. The third-order valence-electron chi connectivity index (χ3n) is 5.87. The van der Waals surface area contributed by atoms with Crippen LogP contribution in [0.1, 0.15) is 54.4 Å². The van der Waals surface area contributed by atoms with Gasteiger partial charge in [-0.25, -0.2) is 9.97 Å². The van der Waals surface area contributed by atoms with Crippen molar-refractivity contribution >= 4 is 11.2 Å². The molecule has 5 rings (SSSR count). The molecule has 130 valence electrons. The van der Waals surface area contributed by atoms with Crippen LogP contribution in [-0.4, -0.2) is 36.2 Å². The topological polar surface area (TPSA) is 62.6 Å². The Labute approximate surface area is 147 Å². The summed E-state index contributed by atoms with van der Waals surface area (Å²) in [6, 6.07) is 3.99. The first kappa shape index (κ1) is 15.1. The summed E-state index contributed by atoms with van der Waals surface area (Å²) in [6.07, 6.45) is 8.19. The molecular weight excluding hydrogens is 312 g/mol. The molecule has 0 amide bonds. The summed E-state index contributed by atoms with van der Waals surface area (Å²) in [7, 11) is 2.06. The van der Waals surface area contributed by atoms with Crippen LogP contribution in [0, 0.1) is 0 Å². The van der Waals surface area contributed by atoms with Gasteiger partial charge in [0.1, 0.15) is 11.3 Å². The third kappa shape index (κ3) is 2.56. The maximum absolute atomic E-state index is 4.79. The first-order valence-corrected chi connectivity index (χ1v) is 9.34. The molecular formula is C19H24N6. The lowest BCUT2D eigenvalue weighted by atomic mass is 9.96. The number of H-pyrrole nitrogens is 1. The van der Waals surface area contributed by atoms with Crippen molar-refractivity contribution in [3.63, 3.8) is 0 Å². The molecule has 2 aliphatic rings. The van der Waals surface area contributed by atoms with Crippen molar-refractivity contribution in [1.29, 1.82) is 0 Å². The summed E-state index contributed by atoms with van der Waals surface area (Å²) < 4.78 is 2.12. The number of aromatic nitrogens is 5. The van der Waals surface area contributed by atoms with Crippen LogP contribution >= 0.6 is 0 Å². The van der Waals surface area contributed by atoms with Crippen LogP contribution in [0.25, 0.3) is 11.2 Å². The molecule has 0 unspecified atom stereocenters. The normalized spacial score (nSPS) is 18.9. The standard InChI is InChI=1S/C19H24N6/c1-24-17(21-16-7-4-9-20-19(16)24)12-25-10-8-15-14(11-25)18(23-22-15)13-5-2-3-6-13/h4,7,9,13H,2-3,5-6,8,10-12H2,1H3,(H,22,23). The second-order valence-corrected chi connectivity index (χ2v) is 7.44. The van der Waals surface area contributed by atoms with Gasteiger partial charge < -0.3 is 4.57 Å². The summed E-state index contributed by atoms with van der Waals surface area (Å²) in [5.41, 5.74) is 6.08. The molecule has 25 heavy (non-hydrogen) atoms. The Balaban J connectivity index is 1.39. The van der Waals surface area contributed by atoms with E-state index < -0.39 is 0 Å². The minimum atomic E-state index is 0.667. The minimum absolute atomic E-state index is 0.667. The molecule has 1 saturated carbocycles. The van der Waals surface area contributed by atoms with Crippen molar-refractivity contribution < 1.29 is 0 Å². The van der Waals surface area contributed by atoms with Crippen LogP contribution in [0.15, 0.2) is 18.3 Å². The van der Waals surface area contributed by atoms with E-state index in [1.807, 2.05) is 18.3 Å². The van der Waals surface area contributed by atoms with Gasteiger partial charge in [0, 0.05) is 49.9 Å². The van der Waals surface area contributed by atoms with E-state index in [0.29, 0.717) is 5.92 Å². The van der Waals surface area contributed by atoms with Crippen molar-refractivity contribution in [2.75, 3.05) is 6.54 Å². The Kier molecular flexibility index (Phi) is 3.59. The molecule has 6 nitrogen and oxygen atoms in total. The average molecular weight is 336 g/mol. The van der Waals surface area contributed by atoms with E-state index in [9.17, 15) is 0 Å². The first-order chi connectivity index (χ1) is 12.3. The molecule has 0 bridgehead atoms. The molecule has 0 saturated heterocycles. The zero-order valence-corrected chi connectivity index (χ0v) is 14.7. The molecule has 0 atom stereocenters. The number of fused-ring (bicyclic) bond motifs is 2. The lowest BCUT2D eigenvalue weighted by molar-refractivity contribution is 0.235. The fourth-order valence-corrected chi connectivity index (χ4v) is 4.46. The van der Waals surface area contributed by atoms with Crippen molar-refractivity contribution in [2.24, 2.45) is 7.05 Å². The maximum Gasteiger partial charge on any atom is 0.159 e. The number of pyridine rings is 1. The second kappa shape index (κ2) is 5.95. The molecule has 1 fully saturated rings. The quantitative estimate of drug-likeness (QED) is 0.799. The van der Waals surface area contributed by atoms with Crippen molar-refractivity contribution in [1.82, 2.24) is 29.6 Å². The maximum atomic E-state index is 4.79. The first-order valence-electron chi connectivity index (χ1n) is 9.34. The number of hydrogen-bond donors (Lipinski definition) is 1. The Bertz CT molecular complexity index is 902. The van der Waals surface area contributed by atoms with E-state index in [1.165, 1.54) is 42.6 Å². The summed E-state index contributed by atoms with van der Waals surface area (Å²) >= 11 is 0. The molecule has 1 N–H and O–H groups in total. The Hall–Kier alpha value is -2.21. The average Bonchev–Trinajstić information content (AvgIpc) is 3.35. The largest absolute Gasteiger partial charge is 0.315 e. The highest BCUT2D eigenvalue weighted by atomic mass is 15.2. The molecule has 1 aliphatic heterocycles. The Morgan fingerprint density at radius 3 is 3.00 bits per heavy atom. The molecule has 1 aliphatic carbocycles. The van der Waals surface area contributed by atoms with Gasteiger partial charge in [-0.2, -0.15) is 5.10 Å². The van der Waals surface area contributed by atoms with Gasteiger partial charge >= 0.3 is 0 Å². The molecule has 3 aromatic rings. The summed E-state index contributed by atoms with van der Waals surface area (Å²) in [6.45, 7) is 2.89.